The van der Waals surface area contributed by atoms with Gasteiger partial charge in [-0.15, -0.1) is 0 Å². The zero-order valence-corrected chi connectivity index (χ0v) is 17.1. The third-order valence-corrected chi connectivity index (χ3v) is 5.17. The van der Waals surface area contributed by atoms with Gasteiger partial charge in [0.1, 0.15) is 17.9 Å². The Morgan fingerprint density at radius 1 is 1.17 bits per heavy atom. The fraction of sp³-hybridized carbons (Fsp3) is 0.429. The normalized spacial score (nSPS) is 14.8. The summed E-state index contributed by atoms with van der Waals surface area (Å²) in [5, 5.41) is 11.6. The van der Waals surface area contributed by atoms with Gasteiger partial charge < -0.3 is 10.1 Å². The van der Waals surface area contributed by atoms with E-state index in [4.69, 9.17) is 4.74 Å². The van der Waals surface area contributed by atoms with Crippen LogP contribution >= 0.6 is 0 Å². The van der Waals surface area contributed by atoms with Crippen LogP contribution in [0.25, 0.3) is 16.8 Å². The number of carbonyl (C=O) groups is 1. The Bertz CT molecular complexity index is 1070. The number of nitrogens with zero attached hydrogens (tertiary/aromatic N) is 5. The number of fused-ring (bicyclic) bond motifs is 1. The van der Waals surface area contributed by atoms with E-state index in [0.29, 0.717) is 23.6 Å². The standard InChI is InChI=1S/C21H26N6O3/c1-16-23-26(15-20(28)22-8-5-9-25-10-12-30-13-11-25)21(29)19-14-18(24-27(16)19)17-6-3-2-4-7-17/h2-4,6-7,14H,5,8-13,15H2,1H3,(H,22,28). The highest BCUT2D eigenvalue weighted by Crippen LogP contribution is 2.18. The number of amides is 1. The van der Waals surface area contributed by atoms with Gasteiger partial charge in [0.25, 0.3) is 5.56 Å². The fourth-order valence-electron chi connectivity index (χ4n) is 3.58. The second-order valence-corrected chi connectivity index (χ2v) is 7.36. The van der Waals surface area contributed by atoms with Gasteiger partial charge in [0.15, 0.2) is 0 Å². The average Bonchev–Trinajstić information content (AvgIpc) is 3.23. The van der Waals surface area contributed by atoms with Crippen molar-refractivity contribution in [1.82, 2.24) is 29.6 Å². The average molecular weight is 410 g/mol. The lowest BCUT2D eigenvalue weighted by Crippen LogP contribution is -2.39. The summed E-state index contributed by atoms with van der Waals surface area (Å²) in [5.74, 6) is 0.324. The molecule has 0 bridgehead atoms. The van der Waals surface area contributed by atoms with Crippen LogP contribution in [0.2, 0.25) is 0 Å². The minimum atomic E-state index is -0.334. The molecule has 0 aliphatic carbocycles. The highest BCUT2D eigenvalue weighted by molar-refractivity contribution is 5.75. The summed E-state index contributed by atoms with van der Waals surface area (Å²) < 4.78 is 8.07. The topological polar surface area (TPSA) is 93.8 Å². The Morgan fingerprint density at radius 3 is 2.70 bits per heavy atom. The van der Waals surface area contributed by atoms with Crippen molar-refractivity contribution >= 4 is 11.4 Å². The van der Waals surface area contributed by atoms with Crippen LogP contribution in [0.15, 0.2) is 41.2 Å². The number of aromatic nitrogens is 4. The van der Waals surface area contributed by atoms with Crippen LogP contribution in [0.3, 0.4) is 0 Å². The number of hydrogen-bond donors (Lipinski definition) is 1. The van der Waals surface area contributed by atoms with Crippen molar-refractivity contribution in [2.24, 2.45) is 0 Å². The molecule has 0 atom stereocenters. The highest BCUT2D eigenvalue weighted by atomic mass is 16.5. The summed E-state index contributed by atoms with van der Waals surface area (Å²) in [5.41, 5.74) is 1.69. The molecular formula is C21H26N6O3. The molecule has 1 amide bonds. The Labute approximate surface area is 174 Å². The molecule has 0 unspecified atom stereocenters. The van der Waals surface area contributed by atoms with E-state index in [2.05, 4.69) is 20.4 Å². The lowest BCUT2D eigenvalue weighted by Gasteiger charge is -2.26. The molecule has 1 aliphatic rings. The van der Waals surface area contributed by atoms with Gasteiger partial charge in [-0.25, -0.2) is 9.20 Å². The van der Waals surface area contributed by atoms with E-state index < -0.39 is 0 Å². The number of hydrogen-bond acceptors (Lipinski definition) is 6. The number of rotatable bonds is 7. The number of morpholine rings is 1. The number of nitrogens with one attached hydrogen (secondary N) is 1. The van der Waals surface area contributed by atoms with Crippen LogP contribution in [-0.2, 0) is 16.1 Å². The molecule has 1 aliphatic heterocycles. The van der Waals surface area contributed by atoms with Crippen LogP contribution < -0.4 is 10.9 Å². The van der Waals surface area contributed by atoms with E-state index in [1.807, 2.05) is 30.3 Å². The summed E-state index contributed by atoms with van der Waals surface area (Å²) in [4.78, 5) is 27.5. The number of benzene rings is 1. The molecule has 9 nitrogen and oxygen atoms in total. The molecule has 2 aromatic heterocycles. The smallest absolute Gasteiger partial charge is 0.293 e. The first-order chi connectivity index (χ1) is 14.6. The Hall–Kier alpha value is -3.04. The first kappa shape index (κ1) is 20.2. The Balaban J connectivity index is 1.40. The largest absolute Gasteiger partial charge is 0.379 e. The third-order valence-electron chi connectivity index (χ3n) is 5.17. The summed E-state index contributed by atoms with van der Waals surface area (Å²) in [6.45, 7) is 6.55. The van der Waals surface area contributed by atoms with Gasteiger partial charge in [-0.1, -0.05) is 30.3 Å². The molecule has 30 heavy (non-hydrogen) atoms. The predicted molar refractivity (Wildman–Crippen MR) is 112 cm³/mol. The van der Waals surface area contributed by atoms with Crippen LogP contribution in [-0.4, -0.2) is 69.6 Å². The van der Waals surface area contributed by atoms with Crippen molar-refractivity contribution in [2.45, 2.75) is 19.9 Å². The number of aryl methyl sites for hydroxylation is 1. The van der Waals surface area contributed by atoms with Crippen molar-refractivity contribution in [1.29, 1.82) is 0 Å². The summed E-state index contributed by atoms with van der Waals surface area (Å²) in [6.07, 6.45) is 0.856. The van der Waals surface area contributed by atoms with E-state index in [1.54, 1.807) is 13.0 Å². The van der Waals surface area contributed by atoms with Gasteiger partial charge in [-0.3, -0.25) is 14.5 Å². The molecule has 1 saturated heterocycles. The van der Waals surface area contributed by atoms with E-state index in [0.717, 1.165) is 44.8 Å². The molecule has 3 heterocycles. The zero-order chi connectivity index (χ0) is 20.9. The van der Waals surface area contributed by atoms with Gasteiger partial charge in [-0.2, -0.15) is 10.2 Å². The van der Waals surface area contributed by atoms with Gasteiger partial charge in [0, 0.05) is 25.2 Å². The second-order valence-electron chi connectivity index (χ2n) is 7.36. The zero-order valence-electron chi connectivity index (χ0n) is 17.1. The summed E-state index contributed by atoms with van der Waals surface area (Å²) >= 11 is 0. The SMILES string of the molecule is Cc1nn(CC(=O)NCCCN2CCOCC2)c(=O)c2cc(-c3ccccc3)nn12. The third kappa shape index (κ3) is 4.58. The molecule has 0 saturated carbocycles. The molecule has 0 radical (unpaired) electrons. The van der Waals surface area contributed by atoms with Crippen molar-refractivity contribution in [2.75, 3.05) is 39.4 Å². The minimum absolute atomic E-state index is 0.112. The van der Waals surface area contributed by atoms with Gasteiger partial charge in [0.05, 0.1) is 18.9 Å². The lowest BCUT2D eigenvalue weighted by atomic mass is 10.1. The number of ether oxygens (including phenoxy) is 1. The maximum Gasteiger partial charge on any atom is 0.293 e. The van der Waals surface area contributed by atoms with Crippen molar-refractivity contribution in [3.63, 3.8) is 0 Å². The quantitative estimate of drug-likeness (QED) is 0.577. The van der Waals surface area contributed by atoms with Gasteiger partial charge in [0.2, 0.25) is 5.91 Å². The van der Waals surface area contributed by atoms with Gasteiger partial charge in [-0.05, 0) is 26.0 Å². The Kier molecular flexibility index (Phi) is 6.20. The molecule has 1 N–H and O–H groups in total. The van der Waals surface area contributed by atoms with Crippen molar-refractivity contribution < 1.29 is 9.53 Å². The molecule has 1 aromatic carbocycles. The maximum atomic E-state index is 12.8. The highest BCUT2D eigenvalue weighted by Gasteiger charge is 2.15. The summed E-state index contributed by atoms with van der Waals surface area (Å²) in [7, 11) is 0. The molecule has 4 rings (SSSR count). The van der Waals surface area contributed by atoms with Crippen LogP contribution in [0.1, 0.15) is 12.2 Å². The van der Waals surface area contributed by atoms with Crippen LogP contribution in [0.5, 0.6) is 0 Å². The van der Waals surface area contributed by atoms with Crippen LogP contribution in [0, 0.1) is 6.92 Å². The summed E-state index contributed by atoms with van der Waals surface area (Å²) in [6, 6.07) is 11.4. The molecule has 9 heteroatoms. The fourth-order valence-corrected chi connectivity index (χ4v) is 3.58. The Morgan fingerprint density at radius 2 is 1.93 bits per heavy atom. The molecular weight excluding hydrogens is 384 g/mol. The molecule has 158 valence electrons. The van der Waals surface area contributed by atoms with E-state index in [-0.39, 0.29) is 18.0 Å². The van der Waals surface area contributed by atoms with Crippen molar-refractivity contribution in [3.8, 4) is 11.3 Å². The predicted octanol–water partition coefficient (Wildman–Crippen LogP) is 0.705. The first-order valence-electron chi connectivity index (χ1n) is 10.2. The van der Waals surface area contributed by atoms with E-state index >= 15 is 0 Å². The maximum absolute atomic E-state index is 12.8. The first-order valence-corrected chi connectivity index (χ1v) is 10.2. The molecule has 3 aromatic rings. The molecule has 0 spiro atoms. The van der Waals surface area contributed by atoms with E-state index in [9.17, 15) is 9.59 Å². The van der Waals surface area contributed by atoms with Crippen molar-refractivity contribution in [3.05, 3.63) is 52.6 Å². The molecule has 1 fully saturated rings. The minimum Gasteiger partial charge on any atom is -0.379 e. The van der Waals surface area contributed by atoms with Crippen LogP contribution in [0.4, 0.5) is 0 Å². The van der Waals surface area contributed by atoms with E-state index in [1.165, 1.54) is 9.20 Å². The van der Waals surface area contributed by atoms with Gasteiger partial charge >= 0.3 is 0 Å². The monoisotopic (exact) mass is 410 g/mol. The second kappa shape index (κ2) is 9.19. The lowest BCUT2D eigenvalue weighted by molar-refractivity contribution is -0.121. The number of carbonyl (C=O) groups excluding carboxylic acids is 1.